The van der Waals surface area contributed by atoms with Gasteiger partial charge in [-0.25, -0.2) is 4.39 Å². The third-order valence-electron chi connectivity index (χ3n) is 7.19. The van der Waals surface area contributed by atoms with E-state index in [4.69, 9.17) is 24.5 Å². The smallest absolute Gasteiger partial charge is 0.319 e. The molecule has 34 heavy (non-hydrogen) atoms. The van der Waals surface area contributed by atoms with Gasteiger partial charge in [-0.3, -0.25) is 9.58 Å². The van der Waals surface area contributed by atoms with Crippen molar-refractivity contribution in [3.8, 4) is 6.01 Å². The van der Waals surface area contributed by atoms with Crippen molar-refractivity contribution >= 4 is 60.2 Å². The number of aryl methyl sites for hydroxylation is 1. The zero-order valence-electron chi connectivity index (χ0n) is 19.3. The lowest BCUT2D eigenvalue weighted by molar-refractivity contribution is -0.0123. The molecule has 0 aromatic carbocycles. The monoisotopic (exact) mass is 602 g/mol. The number of nitrogens with zero attached hydrogens (tertiary/aromatic N) is 6. The summed E-state index contributed by atoms with van der Waals surface area (Å²) in [5.74, 6) is 0.696. The number of β-amino-alcohol motifs (C(OH)–C–C–N with tert-alkyl or cyclic N) is 1. The average Bonchev–Trinajstić information content (AvgIpc) is 3.45. The number of alkyl halides is 1. The summed E-state index contributed by atoms with van der Waals surface area (Å²) in [6.07, 6.45) is 1.68. The fraction of sp³-hybridized carbons (Fsp3) is 0.682. The molecule has 3 aromatic rings. The van der Waals surface area contributed by atoms with Crippen LogP contribution in [0.1, 0.15) is 26.2 Å². The fourth-order valence-electron chi connectivity index (χ4n) is 5.65. The topological polar surface area (TPSA) is 88.8 Å². The summed E-state index contributed by atoms with van der Waals surface area (Å²) in [6.45, 7) is 5.27. The van der Waals surface area contributed by atoms with E-state index in [1.165, 1.54) is 0 Å². The number of rotatable bonds is 4. The van der Waals surface area contributed by atoms with Gasteiger partial charge in [0.1, 0.15) is 38.2 Å². The molecule has 184 valence electrons. The van der Waals surface area contributed by atoms with Crippen molar-refractivity contribution in [3.63, 3.8) is 0 Å². The molecule has 0 spiro atoms. The summed E-state index contributed by atoms with van der Waals surface area (Å²) in [5.41, 5.74) is -0.419. The lowest BCUT2D eigenvalue weighted by Gasteiger charge is -2.31. The number of ether oxygens (including phenoxy) is 2. The number of halogens is 2. The maximum absolute atomic E-state index is 14.2. The Bertz CT molecular complexity index is 1250. The van der Waals surface area contributed by atoms with Gasteiger partial charge < -0.3 is 19.5 Å². The van der Waals surface area contributed by atoms with Crippen molar-refractivity contribution in [1.29, 1.82) is 0 Å². The lowest BCUT2D eigenvalue weighted by atomic mass is 9.95. The van der Waals surface area contributed by atoms with Gasteiger partial charge in [-0.2, -0.15) is 15.1 Å². The highest BCUT2D eigenvalue weighted by Gasteiger charge is 2.49. The molecule has 0 radical (unpaired) electrons. The number of aromatic nitrogens is 4. The van der Waals surface area contributed by atoms with Crippen molar-refractivity contribution in [3.05, 3.63) is 3.70 Å². The standard InChI is InChI=1S/C22H28FIN6O3S/c1-21(31)10-29(6-7-32-11-21)18-14-15-16(17(24)28(2)27-15)34-19(14)26-20(25-18)33-12-22-4-3-5-30(22)9-13(23)8-22/h13,31H,3-12H2,1-2H3/t13-,21+,22+/m1/s1. The highest BCUT2D eigenvalue weighted by Crippen LogP contribution is 2.42. The highest BCUT2D eigenvalue weighted by atomic mass is 127. The summed E-state index contributed by atoms with van der Waals surface area (Å²) in [4.78, 5) is 14.7. The van der Waals surface area contributed by atoms with Crippen LogP contribution in [0.2, 0.25) is 0 Å². The van der Waals surface area contributed by atoms with E-state index in [1.54, 1.807) is 18.3 Å². The quantitative estimate of drug-likeness (QED) is 0.457. The minimum absolute atomic E-state index is 0.267. The van der Waals surface area contributed by atoms with E-state index in [0.717, 1.165) is 43.5 Å². The van der Waals surface area contributed by atoms with E-state index in [-0.39, 0.29) is 12.1 Å². The van der Waals surface area contributed by atoms with E-state index in [1.807, 2.05) is 16.6 Å². The first-order valence-corrected chi connectivity index (χ1v) is 13.5. The molecule has 3 atom stereocenters. The van der Waals surface area contributed by atoms with Crippen LogP contribution in [-0.2, 0) is 11.8 Å². The van der Waals surface area contributed by atoms with Gasteiger partial charge >= 0.3 is 6.01 Å². The molecule has 0 unspecified atom stereocenters. The van der Waals surface area contributed by atoms with E-state index in [9.17, 15) is 9.50 Å². The molecule has 3 aliphatic heterocycles. The van der Waals surface area contributed by atoms with Gasteiger partial charge in [0.15, 0.2) is 0 Å². The molecule has 0 aliphatic carbocycles. The van der Waals surface area contributed by atoms with Crippen LogP contribution in [0.4, 0.5) is 10.2 Å². The highest BCUT2D eigenvalue weighted by molar-refractivity contribution is 14.1. The number of hydrogen-bond acceptors (Lipinski definition) is 9. The minimum Gasteiger partial charge on any atom is -0.461 e. The van der Waals surface area contributed by atoms with Crippen LogP contribution < -0.4 is 9.64 Å². The molecule has 3 aliphatic rings. The van der Waals surface area contributed by atoms with Gasteiger partial charge in [0.25, 0.3) is 0 Å². The summed E-state index contributed by atoms with van der Waals surface area (Å²) in [7, 11) is 1.93. The molecule has 3 saturated heterocycles. The predicted molar refractivity (Wildman–Crippen MR) is 137 cm³/mol. The molecular weight excluding hydrogens is 574 g/mol. The van der Waals surface area contributed by atoms with Gasteiger partial charge in [0.2, 0.25) is 0 Å². The van der Waals surface area contributed by atoms with Gasteiger partial charge in [-0.1, -0.05) is 0 Å². The number of aliphatic hydroxyl groups is 1. The number of hydrogen-bond donors (Lipinski definition) is 1. The number of thiophene rings is 1. The normalized spacial score (nSPS) is 30.4. The first-order valence-electron chi connectivity index (χ1n) is 11.6. The summed E-state index contributed by atoms with van der Waals surface area (Å²) in [6, 6.07) is 0.291. The maximum Gasteiger partial charge on any atom is 0.319 e. The van der Waals surface area contributed by atoms with Crippen molar-refractivity contribution in [2.45, 2.75) is 43.5 Å². The average molecular weight is 602 g/mol. The first-order chi connectivity index (χ1) is 16.2. The molecule has 0 amide bonds. The Morgan fingerprint density at radius 3 is 3.06 bits per heavy atom. The van der Waals surface area contributed by atoms with Gasteiger partial charge in [0, 0.05) is 26.6 Å². The second kappa shape index (κ2) is 8.36. The molecule has 0 bridgehead atoms. The molecule has 9 nitrogen and oxygen atoms in total. The predicted octanol–water partition coefficient (Wildman–Crippen LogP) is 2.73. The zero-order chi connectivity index (χ0) is 23.7. The Labute approximate surface area is 214 Å². The van der Waals surface area contributed by atoms with Crippen LogP contribution in [0.25, 0.3) is 20.4 Å². The van der Waals surface area contributed by atoms with E-state index < -0.39 is 11.8 Å². The Hall–Kier alpha value is -1.35. The molecule has 6 heterocycles. The van der Waals surface area contributed by atoms with E-state index >= 15 is 0 Å². The molecular formula is C22H28FIN6O3S. The molecule has 12 heteroatoms. The van der Waals surface area contributed by atoms with Crippen LogP contribution in [0, 0.1) is 3.70 Å². The van der Waals surface area contributed by atoms with E-state index in [2.05, 4.69) is 27.5 Å². The Morgan fingerprint density at radius 2 is 2.21 bits per heavy atom. The van der Waals surface area contributed by atoms with Gasteiger partial charge in [-0.05, 0) is 48.9 Å². The summed E-state index contributed by atoms with van der Waals surface area (Å²) >= 11 is 3.87. The SMILES string of the molecule is Cn1nc2c(sc3nc(OC[C@@]45CCCN4C[C@H](F)C5)nc(N4CCOC[C@@](C)(O)C4)c32)c1I. The lowest BCUT2D eigenvalue weighted by Crippen LogP contribution is -2.43. The minimum atomic E-state index is -1.01. The van der Waals surface area contributed by atoms with Crippen LogP contribution in [0.15, 0.2) is 0 Å². The van der Waals surface area contributed by atoms with Crippen LogP contribution in [0.5, 0.6) is 6.01 Å². The van der Waals surface area contributed by atoms with Crippen molar-refractivity contribution in [2.24, 2.45) is 7.05 Å². The molecule has 3 aromatic heterocycles. The third kappa shape index (κ3) is 3.85. The summed E-state index contributed by atoms with van der Waals surface area (Å²) in [5, 5.41) is 16.4. The van der Waals surface area contributed by atoms with Crippen LogP contribution in [0.3, 0.4) is 0 Å². The number of fused-ring (bicyclic) bond motifs is 4. The fourth-order valence-corrected chi connectivity index (χ4v) is 7.41. The van der Waals surface area contributed by atoms with Gasteiger partial charge in [-0.15, -0.1) is 11.3 Å². The second-order valence-electron chi connectivity index (χ2n) is 10.0. The van der Waals surface area contributed by atoms with Crippen molar-refractivity contribution in [1.82, 2.24) is 24.6 Å². The molecule has 0 saturated carbocycles. The Balaban J connectivity index is 1.42. The molecule has 6 rings (SSSR count). The van der Waals surface area contributed by atoms with Crippen molar-refractivity contribution in [2.75, 3.05) is 50.9 Å². The number of anilines is 1. The van der Waals surface area contributed by atoms with Crippen LogP contribution >= 0.6 is 33.9 Å². The van der Waals surface area contributed by atoms with Crippen molar-refractivity contribution < 1.29 is 19.0 Å². The second-order valence-corrected chi connectivity index (χ2v) is 12.1. The Morgan fingerprint density at radius 1 is 1.35 bits per heavy atom. The Kier molecular flexibility index (Phi) is 5.67. The maximum atomic E-state index is 14.2. The van der Waals surface area contributed by atoms with Gasteiger partial charge in [0.05, 0.1) is 35.4 Å². The summed E-state index contributed by atoms with van der Waals surface area (Å²) < 4.78 is 30.0. The van der Waals surface area contributed by atoms with Crippen LogP contribution in [-0.4, -0.2) is 93.1 Å². The first kappa shape index (κ1) is 23.1. The van der Waals surface area contributed by atoms with E-state index in [0.29, 0.717) is 51.1 Å². The third-order valence-corrected chi connectivity index (χ3v) is 9.87. The molecule has 3 fully saturated rings. The molecule has 1 N–H and O–H groups in total. The zero-order valence-corrected chi connectivity index (χ0v) is 22.2. The largest absolute Gasteiger partial charge is 0.461 e.